The Labute approximate surface area is 466 Å². The van der Waals surface area contributed by atoms with Gasteiger partial charge in [-0.3, -0.25) is 4.79 Å². The predicted molar refractivity (Wildman–Crippen MR) is 322 cm³/mol. The van der Waals surface area contributed by atoms with Crippen LogP contribution in [0, 0.1) is 0 Å². The minimum absolute atomic E-state index is 0.213. The third-order valence-electron chi connectivity index (χ3n) is 14.4. The van der Waals surface area contributed by atoms with Crippen LogP contribution < -0.4 is 5.32 Å². The highest BCUT2D eigenvalue weighted by atomic mass is 16.7. The van der Waals surface area contributed by atoms with Crippen molar-refractivity contribution < 1.29 is 39.8 Å². The van der Waals surface area contributed by atoms with Gasteiger partial charge < -0.3 is 40.3 Å². The van der Waals surface area contributed by atoms with E-state index in [1.54, 1.807) is 6.08 Å². The number of allylic oxidation sites excluding steroid dienone is 15. The van der Waals surface area contributed by atoms with Crippen LogP contribution >= 0.6 is 0 Å². The monoisotopic (exact) mass is 1060 g/mol. The maximum Gasteiger partial charge on any atom is 0.220 e. The molecule has 0 saturated carbocycles. The molecule has 7 atom stereocenters. The minimum Gasteiger partial charge on any atom is -0.394 e. The zero-order valence-electron chi connectivity index (χ0n) is 48.7. The van der Waals surface area contributed by atoms with Gasteiger partial charge in [0.2, 0.25) is 5.91 Å². The third kappa shape index (κ3) is 44.0. The van der Waals surface area contributed by atoms with Crippen LogP contribution in [0.1, 0.15) is 264 Å². The maximum atomic E-state index is 13.1. The molecule has 0 radical (unpaired) electrons. The lowest BCUT2D eigenvalue weighted by molar-refractivity contribution is -0.302. The molecule has 0 aliphatic carbocycles. The summed E-state index contributed by atoms with van der Waals surface area (Å²) in [4.78, 5) is 13.1. The fourth-order valence-corrected chi connectivity index (χ4v) is 9.47. The van der Waals surface area contributed by atoms with Crippen LogP contribution in [0.2, 0.25) is 0 Å². The van der Waals surface area contributed by atoms with E-state index in [1.807, 2.05) is 6.08 Å². The van der Waals surface area contributed by atoms with Crippen LogP contribution in [-0.4, -0.2) is 87.5 Å². The Balaban J connectivity index is 2.23. The van der Waals surface area contributed by atoms with Crippen molar-refractivity contribution in [2.75, 3.05) is 13.2 Å². The van der Waals surface area contributed by atoms with Crippen LogP contribution in [0.3, 0.4) is 0 Å². The smallest absolute Gasteiger partial charge is 0.220 e. The van der Waals surface area contributed by atoms with E-state index in [1.165, 1.54) is 154 Å². The molecule has 0 aromatic carbocycles. The van der Waals surface area contributed by atoms with Gasteiger partial charge in [-0.05, 0) is 83.5 Å². The van der Waals surface area contributed by atoms with E-state index >= 15 is 0 Å². The molecule has 1 saturated heterocycles. The minimum atomic E-state index is -1.58. The van der Waals surface area contributed by atoms with Crippen molar-refractivity contribution in [3.05, 3.63) is 97.2 Å². The second kappa shape index (κ2) is 55.4. The van der Waals surface area contributed by atoms with Crippen LogP contribution in [-0.2, 0) is 14.3 Å². The Bertz CT molecular complexity index is 1510. The van der Waals surface area contributed by atoms with Gasteiger partial charge in [-0.2, -0.15) is 0 Å². The Morgan fingerprint density at radius 1 is 0.461 bits per heavy atom. The van der Waals surface area contributed by atoms with E-state index in [9.17, 15) is 30.3 Å². The summed E-state index contributed by atoms with van der Waals surface area (Å²) >= 11 is 0. The standard InChI is InChI=1S/C67H117NO8/c1-3-5-7-9-11-13-15-17-19-21-23-25-27-28-29-30-31-32-33-35-36-38-40-42-44-46-48-50-52-54-56-61(70)60(59-75-67-66(74)65(73)64(72)62(58-69)76-67)68-63(71)57-55-53-51-49-47-45-43-41-39-37-34-26-24-22-20-18-16-14-12-10-8-6-4-2/h6,8,12,14,18,20,24,26,37,39,43,45-46,48,54,56,60-62,64-67,69-70,72-74H,3-5,7,9-11,13,15-17,19,21-23,25,27-36,38,40-42,44,47,49-53,55,57-59H2,1-2H3,(H,68,71)/b8-6-,14-12-,20-18-,26-24-,39-37-,45-43-,48-46+,56-54+. The molecule has 0 spiro atoms. The summed E-state index contributed by atoms with van der Waals surface area (Å²) in [5.41, 5.74) is 0. The molecular formula is C67H117NO8. The van der Waals surface area contributed by atoms with Gasteiger partial charge in [0.25, 0.3) is 0 Å². The van der Waals surface area contributed by atoms with E-state index in [2.05, 4.69) is 104 Å². The van der Waals surface area contributed by atoms with Crippen LogP contribution in [0.5, 0.6) is 0 Å². The molecule has 76 heavy (non-hydrogen) atoms. The summed E-state index contributed by atoms with van der Waals surface area (Å²) in [6.07, 6.45) is 73.5. The van der Waals surface area contributed by atoms with Crippen LogP contribution in [0.4, 0.5) is 0 Å². The number of carbonyl (C=O) groups excluding carboxylic acids is 1. The number of hydrogen-bond acceptors (Lipinski definition) is 8. The largest absolute Gasteiger partial charge is 0.394 e. The average molecular weight is 1060 g/mol. The molecule has 1 fully saturated rings. The fourth-order valence-electron chi connectivity index (χ4n) is 9.47. The maximum absolute atomic E-state index is 13.1. The molecule has 9 heteroatoms. The summed E-state index contributed by atoms with van der Waals surface area (Å²) in [5, 5.41) is 54.6. The van der Waals surface area contributed by atoms with E-state index in [0.717, 1.165) is 83.5 Å². The molecule has 438 valence electrons. The SMILES string of the molecule is CC/C=C\C/C=C\C/C=C\C/C=C\C/C=C\C/C=C\CCCCCCC(=O)NC(COC1OC(CO)C(O)C(O)C1O)C(O)/C=C/CC/C=C/CCCCCCCCCCCCCCCCCCCCCCCCCC. The zero-order valence-corrected chi connectivity index (χ0v) is 48.7. The normalized spacial score (nSPS) is 19.5. The molecule has 6 N–H and O–H groups in total. The Hall–Kier alpha value is -2.89. The lowest BCUT2D eigenvalue weighted by Crippen LogP contribution is -2.60. The van der Waals surface area contributed by atoms with Gasteiger partial charge in [-0.1, -0.05) is 272 Å². The first-order valence-electron chi connectivity index (χ1n) is 31.5. The molecule has 1 aliphatic heterocycles. The van der Waals surface area contributed by atoms with Gasteiger partial charge in [0.1, 0.15) is 24.4 Å². The lowest BCUT2D eigenvalue weighted by Gasteiger charge is -2.40. The first-order chi connectivity index (χ1) is 37.3. The van der Waals surface area contributed by atoms with Gasteiger partial charge in [-0.25, -0.2) is 0 Å². The molecule has 1 rings (SSSR count). The average Bonchev–Trinajstić information content (AvgIpc) is 3.42. The second-order valence-electron chi connectivity index (χ2n) is 21.5. The number of ether oxygens (including phenoxy) is 2. The number of amides is 1. The van der Waals surface area contributed by atoms with Crippen molar-refractivity contribution in [3.63, 3.8) is 0 Å². The highest BCUT2D eigenvalue weighted by molar-refractivity contribution is 5.76. The highest BCUT2D eigenvalue weighted by Crippen LogP contribution is 2.23. The fraction of sp³-hybridized carbons (Fsp3) is 0.746. The highest BCUT2D eigenvalue weighted by Gasteiger charge is 2.44. The van der Waals surface area contributed by atoms with Crippen molar-refractivity contribution in [3.8, 4) is 0 Å². The van der Waals surface area contributed by atoms with Crippen molar-refractivity contribution in [1.82, 2.24) is 5.32 Å². The Kier molecular flexibility index (Phi) is 51.9. The van der Waals surface area contributed by atoms with Crippen molar-refractivity contribution in [2.24, 2.45) is 0 Å². The number of hydrogen-bond donors (Lipinski definition) is 6. The first-order valence-corrected chi connectivity index (χ1v) is 31.5. The zero-order chi connectivity index (χ0) is 55.0. The number of aliphatic hydroxyl groups is 5. The second-order valence-corrected chi connectivity index (χ2v) is 21.5. The molecule has 9 nitrogen and oxygen atoms in total. The molecule has 0 aromatic rings. The number of aliphatic hydroxyl groups excluding tert-OH is 5. The molecule has 1 aliphatic rings. The summed E-state index contributed by atoms with van der Waals surface area (Å²) < 4.78 is 11.3. The Morgan fingerprint density at radius 3 is 1.26 bits per heavy atom. The van der Waals surface area contributed by atoms with Gasteiger partial charge in [0, 0.05) is 6.42 Å². The number of carbonyl (C=O) groups is 1. The van der Waals surface area contributed by atoms with E-state index in [0.29, 0.717) is 12.8 Å². The van der Waals surface area contributed by atoms with Crippen LogP contribution in [0.15, 0.2) is 97.2 Å². The van der Waals surface area contributed by atoms with E-state index in [-0.39, 0.29) is 12.5 Å². The van der Waals surface area contributed by atoms with Crippen molar-refractivity contribution in [2.45, 2.75) is 307 Å². The summed E-state index contributed by atoms with van der Waals surface area (Å²) in [6.45, 7) is 3.65. The molecule has 7 unspecified atom stereocenters. The van der Waals surface area contributed by atoms with E-state index < -0.39 is 49.5 Å². The van der Waals surface area contributed by atoms with Crippen LogP contribution in [0.25, 0.3) is 0 Å². The molecular weight excluding hydrogens is 947 g/mol. The van der Waals surface area contributed by atoms with Gasteiger partial charge in [0.05, 0.1) is 25.4 Å². The molecule has 0 aromatic heterocycles. The topological polar surface area (TPSA) is 149 Å². The van der Waals surface area contributed by atoms with Crippen molar-refractivity contribution in [1.29, 1.82) is 0 Å². The number of unbranched alkanes of at least 4 members (excludes halogenated alkanes) is 29. The molecule has 1 amide bonds. The van der Waals surface area contributed by atoms with Gasteiger partial charge >= 0.3 is 0 Å². The molecule has 0 bridgehead atoms. The molecule has 1 heterocycles. The number of rotatable bonds is 53. The first kappa shape index (κ1) is 71.1. The lowest BCUT2D eigenvalue weighted by atomic mass is 9.99. The van der Waals surface area contributed by atoms with Gasteiger partial charge in [-0.15, -0.1) is 0 Å². The predicted octanol–water partition coefficient (Wildman–Crippen LogP) is 16.4. The summed E-state index contributed by atoms with van der Waals surface area (Å²) in [7, 11) is 0. The van der Waals surface area contributed by atoms with Gasteiger partial charge in [0.15, 0.2) is 6.29 Å². The van der Waals surface area contributed by atoms with E-state index in [4.69, 9.17) is 9.47 Å². The summed E-state index contributed by atoms with van der Waals surface area (Å²) in [5.74, 6) is -0.213. The Morgan fingerprint density at radius 2 is 0.829 bits per heavy atom. The quantitative estimate of drug-likeness (QED) is 0.0261. The third-order valence-corrected chi connectivity index (χ3v) is 14.4. The number of nitrogens with one attached hydrogen (secondary N) is 1. The van der Waals surface area contributed by atoms with Crippen molar-refractivity contribution >= 4 is 5.91 Å². The summed E-state index contributed by atoms with van der Waals surface area (Å²) in [6, 6.07) is -0.844.